The molecule has 2 aliphatic rings. The maximum atomic E-state index is 13.9. The van der Waals surface area contributed by atoms with Gasteiger partial charge in [-0.1, -0.05) is 0 Å². The molecule has 0 fully saturated rings. The number of hydrogen-bond acceptors (Lipinski definition) is 5. The lowest BCUT2D eigenvalue weighted by Gasteiger charge is -2.45. The highest BCUT2D eigenvalue weighted by Gasteiger charge is 2.58. The number of fused-ring (bicyclic) bond motifs is 2. The first-order valence-corrected chi connectivity index (χ1v) is 8.50. The predicted molar refractivity (Wildman–Crippen MR) is 99.9 cm³/mol. The smallest absolute Gasteiger partial charge is 0.315 e. The molecular formula is C20H19FN2O4. The Hall–Kier alpha value is -3.09. The van der Waals surface area contributed by atoms with E-state index in [0.29, 0.717) is 11.3 Å². The van der Waals surface area contributed by atoms with Gasteiger partial charge < -0.3 is 14.4 Å². The number of halogens is 1. The molecule has 2 aromatic rings. The van der Waals surface area contributed by atoms with Crippen LogP contribution in [0.25, 0.3) is 6.08 Å². The molecule has 0 N–H and O–H groups in total. The maximum absolute atomic E-state index is 13.9. The van der Waals surface area contributed by atoms with E-state index in [0.717, 1.165) is 11.3 Å². The van der Waals surface area contributed by atoms with Crippen LogP contribution in [0.4, 0.5) is 15.8 Å². The van der Waals surface area contributed by atoms with Gasteiger partial charge in [0.05, 0.1) is 23.5 Å². The highest BCUT2D eigenvalue weighted by molar-refractivity contribution is 5.75. The molecule has 0 amide bonds. The predicted octanol–water partition coefficient (Wildman–Crippen LogP) is 4.27. The zero-order valence-corrected chi connectivity index (χ0v) is 15.4. The van der Waals surface area contributed by atoms with E-state index in [-0.39, 0.29) is 17.3 Å². The fourth-order valence-corrected chi connectivity index (χ4v) is 4.10. The van der Waals surface area contributed by atoms with Crippen molar-refractivity contribution in [2.75, 3.05) is 19.1 Å². The molecule has 7 heteroatoms. The number of rotatable bonds is 2. The van der Waals surface area contributed by atoms with Crippen LogP contribution in [-0.2, 0) is 5.41 Å². The normalized spacial score (nSPS) is 21.6. The van der Waals surface area contributed by atoms with Gasteiger partial charge >= 0.3 is 5.69 Å². The van der Waals surface area contributed by atoms with Crippen molar-refractivity contribution in [2.24, 2.45) is 0 Å². The van der Waals surface area contributed by atoms with E-state index in [1.807, 2.05) is 31.9 Å². The number of nitro groups is 1. The molecule has 1 atom stereocenters. The molecule has 0 aromatic heterocycles. The molecule has 6 nitrogen and oxygen atoms in total. The lowest BCUT2D eigenvalue weighted by atomic mass is 9.76. The molecule has 0 saturated carbocycles. The van der Waals surface area contributed by atoms with Crippen LogP contribution in [0.15, 0.2) is 36.4 Å². The Morgan fingerprint density at radius 1 is 1.26 bits per heavy atom. The fraction of sp³-hybridized carbons (Fsp3) is 0.300. The third-order valence-corrected chi connectivity index (χ3v) is 5.64. The summed E-state index contributed by atoms with van der Waals surface area (Å²) >= 11 is 0. The van der Waals surface area contributed by atoms with Gasteiger partial charge in [0.1, 0.15) is 11.6 Å². The van der Waals surface area contributed by atoms with Crippen molar-refractivity contribution < 1.29 is 18.8 Å². The average molecular weight is 370 g/mol. The summed E-state index contributed by atoms with van der Waals surface area (Å²) in [6, 6.07) is 7.64. The van der Waals surface area contributed by atoms with Crippen LogP contribution in [0.5, 0.6) is 11.5 Å². The third-order valence-electron chi connectivity index (χ3n) is 5.64. The van der Waals surface area contributed by atoms with Crippen molar-refractivity contribution in [2.45, 2.75) is 25.0 Å². The summed E-state index contributed by atoms with van der Waals surface area (Å²) in [6.07, 6.45) is 3.67. The maximum Gasteiger partial charge on any atom is 0.315 e. The number of nitrogens with zero attached hydrogens (tertiary/aromatic N) is 2. The summed E-state index contributed by atoms with van der Waals surface area (Å²) in [6.45, 7) is 3.89. The van der Waals surface area contributed by atoms with Crippen LogP contribution in [0.1, 0.15) is 25.0 Å². The van der Waals surface area contributed by atoms with Crippen molar-refractivity contribution in [3.05, 3.63) is 63.5 Å². The molecule has 1 unspecified atom stereocenters. The quantitative estimate of drug-likeness (QED) is 0.583. The van der Waals surface area contributed by atoms with Crippen molar-refractivity contribution in [1.82, 2.24) is 0 Å². The van der Waals surface area contributed by atoms with Gasteiger partial charge in [0.2, 0.25) is 11.5 Å². The van der Waals surface area contributed by atoms with Gasteiger partial charge in [-0.2, -0.15) is 0 Å². The summed E-state index contributed by atoms with van der Waals surface area (Å²) in [4.78, 5) is 13.0. The molecule has 27 heavy (non-hydrogen) atoms. The van der Waals surface area contributed by atoms with Crippen LogP contribution >= 0.6 is 0 Å². The minimum absolute atomic E-state index is 0.167. The van der Waals surface area contributed by atoms with Gasteiger partial charge in [0.15, 0.2) is 0 Å². The van der Waals surface area contributed by atoms with Gasteiger partial charge in [-0.15, -0.1) is 0 Å². The first-order valence-electron chi connectivity index (χ1n) is 8.50. The molecule has 4 rings (SSSR count). The van der Waals surface area contributed by atoms with E-state index in [9.17, 15) is 14.5 Å². The first kappa shape index (κ1) is 17.3. The number of likely N-dealkylation sites (N-methyl/N-ethyl adjacent to an activating group) is 1. The molecule has 2 aromatic carbocycles. The Balaban J connectivity index is 1.92. The van der Waals surface area contributed by atoms with Gasteiger partial charge in [0, 0.05) is 18.3 Å². The highest BCUT2D eigenvalue weighted by Crippen LogP contribution is 2.55. The van der Waals surface area contributed by atoms with Gasteiger partial charge in [0.25, 0.3) is 0 Å². The van der Waals surface area contributed by atoms with Crippen molar-refractivity contribution in [3.8, 4) is 11.5 Å². The van der Waals surface area contributed by atoms with Crippen LogP contribution in [0, 0.1) is 15.9 Å². The lowest BCUT2D eigenvalue weighted by molar-refractivity contribution is -0.386. The van der Waals surface area contributed by atoms with Crippen LogP contribution in [-0.4, -0.2) is 24.8 Å². The minimum Gasteiger partial charge on any atom is -0.496 e. The van der Waals surface area contributed by atoms with Crippen LogP contribution < -0.4 is 14.4 Å². The van der Waals surface area contributed by atoms with Crippen LogP contribution in [0.3, 0.4) is 0 Å². The van der Waals surface area contributed by atoms with Crippen molar-refractivity contribution >= 4 is 17.5 Å². The molecule has 0 aliphatic carbocycles. The summed E-state index contributed by atoms with van der Waals surface area (Å²) in [7, 11) is 3.30. The molecule has 2 heterocycles. The average Bonchev–Trinajstić information content (AvgIpc) is 2.79. The Kier molecular flexibility index (Phi) is 3.50. The van der Waals surface area contributed by atoms with Crippen molar-refractivity contribution in [3.63, 3.8) is 0 Å². The zero-order chi connectivity index (χ0) is 19.6. The molecule has 0 bridgehead atoms. The largest absolute Gasteiger partial charge is 0.496 e. The third kappa shape index (κ3) is 2.17. The Morgan fingerprint density at radius 3 is 2.67 bits per heavy atom. The molecule has 140 valence electrons. The number of methoxy groups -OCH3 is 1. The summed E-state index contributed by atoms with van der Waals surface area (Å²) in [5.74, 6) is 0.230. The minimum atomic E-state index is -1.02. The highest BCUT2D eigenvalue weighted by atomic mass is 19.1. The lowest BCUT2D eigenvalue weighted by Crippen LogP contribution is -2.58. The van der Waals surface area contributed by atoms with E-state index >= 15 is 0 Å². The Bertz CT molecular complexity index is 1000. The van der Waals surface area contributed by atoms with E-state index in [2.05, 4.69) is 0 Å². The second-order valence-corrected chi connectivity index (χ2v) is 7.30. The van der Waals surface area contributed by atoms with Gasteiger partial charge in [-0.3, -0.25) is 10.1 Å². The van der Waals surface area contributed by atoms with E-state index in [1.165, 1.54) is 25.3 Å². The van der Waals surface area contributed by atoms with Crippen LogP contribution in [0.2, 0.25) is 0 Å². The Morgan fingerprint density at radius 2 is 2.00 bits per heavy atom. The molecular weight excluding hydrogens is 351 g/mol. The number of benzene rings is 2. The summed E-state index contributed by atoms with van der Waals surface area (Å²) < 4.78 is 25.4. The van der Waals surface area contributed by atoms with Gasteiger partial charge in [-0.05, 0) is 55.8 Å². The van der Waals surface area contributed by atoms with Gasteiger partial charge in [-0.25, -0.2) is 4.39 Å². The monoisotopic (exact) mass is 370 g/mol. The first-order chi connectivity index (χ1) is 12.7. The Labute approximate surface area is 156 Å². The molecule has 0 saturated heterocycles. The number of ether oxygens (including phenoxy) is 2. The number of anilines is 1. The number of hydrogen-bond donors (Lipinski definition) is 0. The summed E-state index contributed by atoms with van der Waals surface area (Å²) in [5, 5.41) is 11.6. The van der Waals surface area contributed by atoms with E-state index in [1.54, 1.807) is 18.2 Å². The molecule has 0 radical (unpaired) electrons. The topological polar surface area (TPSA) is 64.8 Å². The molecule has 2 aliphatic heterocycles. The summed E-state index contributed by atoms with van der Waals surface area (Å²) in [5.41, 5.74) is 0.341. The zero-order valence-electron chi connectivity index (χ0n) is 15.4. The second kappa shape index (κ2) is 5.45. The number of nitro benzene ring substituents is 1. The van der Waals surface area contributed by atoms with Crippen molar-refractivity contribution in [1.29, 1.82) is 0 Å². The fourth-order valence-electron chi connectivity index (χ4n) is 4.10. The standard InChI is InChI=1S/C20H19FN2O4/c1-19(2)15-10-13(21)5-6-16(15)22(3)20(19)8-7-12-9-14(26-4)11-17(23(24)25)18(12)27-20/h5-11H,1-4H3. The van der Waals surface area contributed by atoms with E-state index in [4.69, 9.17) is 9.47 Å². The van der Waals surface area contributed by atoms with E-state index < -0.39 is 16.1 Å². The molecule has 1 spiro atoms. The SMILES string of the molecule is COc1cc2c(c([N+](=O)[O-])c1)OC1(C=C2)N(C)c2ccc(F)cc2C1(C)C. The second-order valence-electron chi connectivity index (χ2n) is 7.30.